The molecule has 1 saturated heterocycles. The Balaban J connectivity index is 2.16. The van der Waals surface area contributed by atoms with Gasteiger partial charge in [-0.05, 0) is 46.8 Å². The lowest BCUT2D eigenvalue weighted by atomic mass is 9.83. The molecule has 2 rings (SSSR count). The van der Waals surface area contributed by atoms with Crippen LogP contribution in [0.15, 0.2) is 28.7 Å². The number of benzene rings is 1. The van der Waals surface area contributed by atoms with Crippen molar-refractivity contribution in [2.45, 2.75) is 24.2 Å². The average Bonchev–Trinajstić information content (AvgIpc) is 2.38. The van der Waals surface area contributed by atoms with Crippen LogP contribution in [0.5, 0.6) is 0 Å². The summed E-state index contributed by atoms with van der Waals surface area (Å²) in [5.41, 5.74) is 1.86. The van der Waals surface area contributed by atoms with Crippen LogP contribution < -0.4 is 0 Å². The molecule has 0 nitrogen and oxygen atoms in total. The highest BCUT2D eigenvalue weighted by molar-refractivity contribution is 9.10. The van der Waals surface area contributed by atoms with Crippen LogP contribution in [0.2, 0.25) is 0 Å². The quantitative estimate of drug-likeness (QED) is 0.614. The van der Waals surface area contributed by atoms with Crippen molar-refractivity contribution >= 4 is 51.2 Å². The zero-order chi connectivity index (χ0) is 14.1. The van der Waals surface area contributed by atoms with E-state index in [1.165, 1.54) is 17.1 Å². The zero-order valence-corrected chi connectivity index (χ0v) is 15.9. The van der Waals surface area contributed by atoms with Gasteiger partial charge in [0.05, 0.1) is 0 Å². The monoisotopic (exact) mass is 376 g/mol. The summed E-state index contributed by atoms with van der Waals surface area (Å²) in [4.78, 5) is 0. The lowest BCUT2D eigenvalue weighted by molar-refractivity contribution is 0.292. The molecule has 1 heterocycles. The average molecular weight is 377 g/mol. The molecule has 0 spiro atoms. The van der Waals surface area contributed by atoms with Crippen LogP contribution in [0.1, 0.15) is 26.3 Å². The molecule has 0 bridgehead atoms. The molecule has 1 aromatic carbocycles. The van der Waals surface area contributed by atoms with Gasteiger partial charge in [0, 0.05) is 4.47 Å². The van der Waals surface area contributed by atoms with E-state index in [4.69, 9.17) is 0 Å². The largest absolute Gasteiger partial charge is 0.132 e. The van der Waals surface area contributed by atoms with Crippen molar-refractivity contribution in [3.63, 3.8) is 0 Å². The van der Waals surface area contributed by atoms with E-state index in [9.17, 15) is 0 Å². The molecule has 19 heavy (non-hydrogen) atoms. The van der Waals surface area contributed by atoms with Gasteiger partial charge in [-0.15, -0.1) is 35.3 Å². The molecule has 106 valence electrons. The highest BCUT2D eigenvalue weighted by atomic mass is 79.9. The molecule has 0 saturated carbocycles. The fourth-order valence-corrected chi connectivity index (χ4v) is 7.63. The summed E-state index contributed by atoms with van der Waals surface area (Å²) in [7, 11) is 0. The van der Waals surface area contributed by atoms with Crippen molar-refractivity contribution in [2.75, 3.05) is 17.8 Å². The first-order chi connectivity index (χ1) is 8.87. The smallest absolute Gasteiger partial charge is 0.132 e. The number of hydrogen-bond donors (Lipinski definition) is 0. The van der Waals surface area contributed by atoms with Gasteiger partial charge in [-0.3, -0.25) is 0 Å². The van der Waals surface area contributed by atoms with Crippen LogP contribution in [-0.2, 0) is 3.41 Å². The van der Waals surface area contributed by atoms with E-state index < -0.39 is 0 Å². The zero-order valence-electron chi connectivity index (χ0n) is 11.9. The van der Waals surface area contributed by atoms with Gasteiger partial charge in [0.2, 0.25) is 0 Å². The van der Waals surface area contributed by atoms with Gasteiger partial charge >= 0.3 is 0 Å². The molecule has 1 fully saturated rings. The second kappa shape index (κ2) is 6.25. The summed E-state index contributed by atoms with van der Waals surface area (Å²) in [6, 6.07) is 8.84. The predicted octanol–water partition coefficient (Wildman–Crippen LogP) is 6.06. The third-order valence-electron chi connectivity index (χ3n) is 3.64. The summed E-state index contributed by atoms with van der Waals surface area (Å²) >= 11 is 9.73. The molecule has 0 N–H and O–H groups in total. The number of rotatable bonds is 2. The van der Waals surface area contributed by atoms with Gasteiger partial charge in [-0.1, -0.05) is 48.8 Å². The van der Waals surface area contributed by atoms with Gasteiger partial charge in [0.15, 0.2) is 0 Å². The Hall–Kier alpha value is 0.750. The third kappa shape index (κ3) is 3.69. The normalized spacial score (nSPS) is 28.4. The summed E-state index contributed by atoms with van der Waals surface area (Å²) < 4.78 is 1.34. The molecule has 1 aromatic rings. The van der Waals surface area contributed by atoms with E-state index in [1.807, 2.05) is 11.8 Å². The second-order valence-electron chi connectivity index (χ2n) is 5.95. The highest BCUT2D eigenvalue weighted by Gasteiger charge is 2.40. The Morgan fingerprint density at radius 3 is 2.11 bits per heavy atom. The standard InChI is InChI=1S/C15H21BrS3/c1-14(2,3)12-9-18-15(17-4,19-10-12)11-5-7-13(16)8-6-11/h5-8,12H,9-10H2,1-4H3. The lowest BCUT2D eigenvalue weighted by Crippen LogP contribution is -2.32. The summed E-state index contributed by atoms with van der Waals surface area (Å²) in [6.07, 6.45) is 2.24. The summed E-state index contributed by atoms with van der Waals surface area (Å²) in [5, 5.41) is 0. The lowest BCUT2D eigenvalue weighted by Gasteiger charge is -2.42. The third-order valence-corrected chi connectivity index (χ3v) is 9.73. The Kier molecular flexibility index (Phi) is 5.30. The number of hydrogen-bond acceptors (Lipinski definition) is 3. The van der Waals surface area contributed by atoms with Crippen LogP contribution in [-0.4, -0.2) is 17.8 Å². The van der Waals surface area contributed by atoms with Gasteiger partial charge < -0.3 is 0 Å². The van der Waals surface area contributed by atoms with E-state index in [-0.39, 0.29) is 3.41 Å². The minimum absolute atomic E-state index is 0.183. The fourth-order valence-electron chi connectivity index (χ4n) is 2.07. The first-order valence-corrected chi connectivity index (χ1v) is 10.5. The number of thioether (sulfide) groups is 3. The van der Waals surface area contributed by atoms with Crippen molar-refractivity contribution in [3.8, 4) is 0 Å². The van der Waals surface area contributed by atoms with Crippen molar-refractivity contribution in [3.05, 3.63) is 34.3 Å². The van der Waals surface area contributed by atoms with Gasteiger partial charge in [-0.25, -0.2) is 0 Å². The van der Waals surface area contributed by atoms with Crippen LogP contribution in [0, 0.1) is 11.3 Å². The predicted molar refractivity (Wildman–Crippen MR) is 97.2 cm³/mol. The molecular weight excluding hydrogens is 356 g/mol. The number of halogens is 1. The highest BCUT2D eigenvalue weighted by Crippen LogP contribution is 2.59. The fraction of sp³-hybridized carbons (Fsp3) is 0.600. The molecule has 0 aliphatic carbocycles. The van der Waals surface area contributed by atoms with E-state index in [0.29, 0.717) is 5.41 Å². The van der Waals surface area contributed by atoms with E-state index in [1.54, 1.807) is 0 Å². The molecule has 0 amide bonds. The maximum atomic E-state index is 3.52. The second-order valence-corrected chi connectivity index (χ2v) is 11.1. The maximum absolute atomic E-state index is 3.52. The SMILES string of the molecule is CSC1(c2ccc(Br)cc2)SCC(C(C)(C)C)CS1. The van der Waals surface area contributed by atoms with Crippen molar-refractivity contribution in [1.82, 2.24) is 0 Å². The first kappa shape index (κ1) is 16.1. The van der Waals surface area contributed by atoms with E-state index >= 15 is 0 Å². The van der Waals surface area contributed by atoms with Crippen LogP contribution in [0.4, 0.5) is 0 Å². The molecule has 0 radical (unpaired) electrons. The Morgan fingerprint density at radius 1 is 1.16 bits per heavy atom. The van der Waals surface area contributed by atoms with Gasteiger partial charge in [0.25, 0.3) is 0 Å². The molecule has 1 aliphatic rings. The summed E-state index contributed by atoms with van der Waals surface area (Å²) in [6.45, 7) is 7.10. The van der Waals surface area contributed by atoms with Crippen LogP contribution in [0.3, 0.4) is 0 Å². The Labute approximate surface area is 138 Å². The topological polar surface area (TPSA) is 0 Å². The maximum Gasteiger partial charge on any atom is 0.132 e. The first-order valence-electron chi connectivity index (χ1n) is 6.46. The minimum Gasteiger partial charge on any atom is -0.132 e. The Bertz CT molecular complexity index is 414. The van der Waals surface area contributed by atoms with E-state index in [0.717, 1.165) is 10.4 Å². The van der Waals surface area contributed by atoms with Crippen molar-refractivity contribution in [2.24, 2.45) is 11.3 Å². The Morgan fingerprint density at radius 2 is 1.68 bits per heavy atom. The van der Waals surface area contributed by atoms with Gasteiger partial charge in [0.1, 0.15) is 3.41 Å². The molecule has 0 unspecified atom stereocenters. The van der Waals surface area contributed by atoms with Crippen LogP contribution >= 0.6 is 51.2 Å². The van der Waals surface area contributed by atoms with E-state index in [2.05, 4.69) is 90.7 Å². The molecule has 0 aromatic heterocycles. The van der Waals surface area contributed by atoms with Crippen molar-refractivity contribution in [1.29, 1.82) is 0 Å². The van der Waals surface area contributed by atoms with Crippen molar-refractivity contribution < 1.29 is 0 Å². The summed E-state index contributed by atoms with van der Waals surface area (Å²) in [5.74, 6) is 3.32. The molecule has 1 aliphatic heterocycles. The minimum atomic E-state index is 0.183. The molecular formula is C15H21BrS3. The van der Waals surface area contributed by atoms with Gasteiger partial charge in [-0.2, -0.15) is 0 Å². The molecule has 0 atom stereocenters. The van der Waals surface area contributed by atoms with Crippen LogP contribution in [0.25, 0.3) is 0 Å². The molecule has 4 heteroatoms.